The second-order valence-corrected chi connectivity index (χ2v) is 4.23. The van der Waals surface area contributed by atoms with E-state index in [-0.39, 0.29) is 0 Å². The van der Waals surface area contributed by atoms with Gasteiger partial charge in [-0.15, -0.1) is 0 Å². The molecule has 0 bridgehead atoms. The van der Waals surface area contributed by atoms with E-state index in [1.165, 1.54) is 0 Å². The maximum absolute atomic E-state index is 9.40. The van der Waals surface area contributed by atoms with Crippen molar-refractivity contribution in [3.63, 3.8) is 0 Å². The molecule has 0 amide bonds. The zero-order chi connectivity index (χ0) is 13.1. The molecule has 2 aromatic rings. The molecule has 0 aliphatic rings. The summed E-state index contributed by atoms with van der Waals surface area (Å²) >= 11 is 0. The molecule has 1 atom stereocenters. The predicted molar refractivity (Wildman–Crippen MR) is 68.5 cm³/mol. The number of methoxy groups -OCH3 is 1. The first-order chi connectivity index (χ1) is 8.67. The number of nitrogens with zero attached hydrogens (tertiary/aromatic N) is 2. The average molecular weight is 241 g/mol. The number of aromatic amines is 1. The van der Waals surface area contributed by atoms with Crippen molar-refractivity contribution in [2.45, 2.75) is 19.8 Å². The van der Waals surface area contributed by atoms with Crippen LogP contribution in [0.3, 0.4) is 0 Å². The SMILES string of the molecule is COc1cc(C)cc(C)c1C(C#N)c1ncc[nH]1. The molecule has 2 rings (SSSR count). The highest BCUT2D eigenvalue weighted by molar-refractivity contribution is 5.49. The Bertz CT molecular complexity index is 582. The highest BCUT2D eigenvalue weighted by Gasteiger charge is 2.22. The maximum Gasteiger partial charge on any atom is 0.133 e. The lowest BCUT2D eigenvalue weighted by atomic mass is 9.93. The Morgan fingerprint density at radius 2 is 2.17 bits per heavy atom. The normalized spacial score (nSPS) is 11.9. The topological polar surface area (TPSA) is 61.7 Å². The van der Waals surface area contributed by atoms with Gasteiger partial charge in [0.1, 0.15) is 17.5 Å². The van der Waals surface area contributed by atoms with Crippen molar-refractivity contribution in [1.82, 2.24) is 9.97 Å². The quantitative estimate of drug-likeness (QED) is 0.898. The second kappa shape index (κ2) is 4.92. The lowest BCUT2D eigenvalue weighted by molar-refractivity contribution is 0.408. The number of aromatic nitrogens is 2. The second-order valence-electron chi connectivity index (χ2n) is 4.23. The van der Waals surface area contributed by atoms with Crippen LogP contribution in [0.25, 0.3) is 0 Å². The molecular weight excluding hydrogens is 226 g/mol. The number of hydrogen-bond donors (Lipinski definition) is 1. The van der Waals surface area contributed by atoms with E-state index < -0.39 is 5.92 Å². The van der Waals surface area contributed by atoms with Crippen molar-refractivity contribution in [2.24, 2.45) is 0 Å². The molecule has 0 spiro atoms. The van der Waals surface area contributed by atoms with Gasteiger partial charge in [0, 0.05) is 18.0 Å². The van der Waals surface area contributed by atoms with Gasteiger partial charge in [0.25, 0.3) is 0 Å². The molecule has 0 aliphatic carbocycles. The summed E-state index contributed by atoms with van der Waals surface area (Å²) in [4.78, 5) is 7.16. The summed E-state index contributed by atoms with van der Waals surface area (Å²) < 4.78 is 5.40. The molecule has 4 heteroatoms. The van der Waals surface area contributed by atoms with Crippen LogP contribution >= 0.6 is 0 Å². The van der Waals surface area contributed by atoms with E-state index in [0.29, 0.717) is 5.82 Å². The first-order valence-electron chi connectivity index (χ1n) is 5.71. The minimum atomic E-state index is -0.435. The lowest BCUT2D eigenvalue weighted by Gasteiger charge is -2.16. The van der Waals surface area contributed by atoms with Crippen LogP contribution in [0.5, 0.6) is 5.75 Å². The van der Waals surface area contributed by atoms with Gasteiger partial charge in [-0.3, -0.25) is 0 Å². The standard InChI is InChI=1S/C14H15N3O/c1-9-6-10(2)13(12(7-9)18-3)11(8-15)14-16-4-5-17-14/h4-7,11H,1-3H3,(H,16,17). The van der Waals surface area contributed by atoms with Crippen molar-refractivity contribution >= 4 is 0 Å². The first-order valence-corrected chi connectivity index (χ1v) is 5.71. The van der Waals surface area contributed by atoms with Gasteiger partial charge < -0.3 is 9.72 Å². The molecule has 92 valence electrons. The molecule has 0 fully saturated rings. The summed E-state index contributed by atoms with van der Waals surface area (Å²) in [6, 6.07) is 6.27. The fourth-order valence-electron chi connectivity index (χ4n) is 2.18. The summed E-state index contributed by atoms with van der Waals surface area (Å²) in [6.45, 7) is 3.99. The molecule has 0 aliphatic heterocycles. The van der Waals surface area contributed by atoms with Gasteiger partial charge >= 0.3 is 0 Å². The molecule has 18 heavy (non-hydrogen) atoms. The molecule has 1 N–H and O–H groups in total. The molecule has 0 radical (unpaired) electrons. The monoisotopic (exact) mass is 241 g/mol. The van der Waals surface area contributed by atoms with Gasteiger partial charge in [-0.1, -0.05) is 6.07 Å². The zero-order valence-corrected chi connectivity index (χ0v) is 10.7. The first kappa shape index (κ1) is 12.2. The Balaban J connectivity index is 2.59. The van der Waals surface area contributed by atoms with Crippen molar-refractivity contribution in [1.29, 1.82) is 5.26 Å². The number of aryl methyl sites for hydroxylation is 2. The average Bonchev–Trinajstić information content (AvgIpc) is 2.85. The van der Waals surface area contributed by atoms with Crippen LogP contribution in [-0.2, 0) is 0 Å². The van der Waals surface area contributed by atoms with E-state index in [9.17, 15) is 5.26 Å². The van der Waals surface area contributed by atoms with E-state index in [2.05, 4.69) is 16.0 Å². The minimum Gasteiger partial charge on any atom is -0.496 e. The Labute approximate surface area is 106 Å². The zero-order valence-electron chi connectivity index (χ0n) is 10.7. The highest BCUT2D eigenvalue weighted by atomic mass is 16.5. The fraction of sp³-hybridized carbons (Fsp3) is 0.286. The van der Waals surface area contributed by atoms with E-state index >= 15 is 0 Å². The van der Waals surface area contributed by atoms with Crippen LogP contribution < -0.4 is 4.74 Å². The van der Waals surface area contributed by atoms with E-state index in [0.717, 1.165) is 22.4 Å². The molecule has 4 nitrogen and oxygen atoms in total. The maximum atomic E-state index is 9.40. The van der Waals surface area contributed by atoms with Crippen molar-refractivity contribution in [2.75, 3.05) is 7.11 Å². The molecule has 1 aromatic carbocycles. The molecule has 1 heterocycles. The van der Waals surface area contributed by atoms with E-state index in [1.807, 2.05) is 26.0 Å². The number of rotatable bonds is 3. The number of hydrogen-bond acceptors (Lipinski definition) is 3. The van der Waals surface area contributed by atoms with Crippen LogP contribution in [0.15, 0.2) is 24.5 Å². The van der Waals surface area contributed by atoms with E-state index in [4.69, 9.17) is 4.74 Å². The summed E-state index contributed by atoms with van der Waals surface area (Å²) in [5, 5.41) is 9.40. The number of ether oxygens (including phenoxy) is 1. The van der Waals surface area contributed by atoms with Crippen LogP contribution in [0, 0.1) is 25.2 Å². The van der Waals surface area contributed by atoms with Crippen LogP contribution in [0.2, 0.25) is 0 Å². The third-order valence-corrected chi connectivity index (χ3v) is 2.92. The van der Waals surface area contributed by atoms with Gasteiger partial charge in [0.05, 0.1) is 13.2 Å². The summed E-state index contributed by atoms with van der Waals surface area (Å²) in [5.41, 5.74) is 3.03. The Kier molecular flexibility index (Phi) is 3.33. The Morgan fingerprint density at radius 3 is 2.72 bits per heavy atom. The third kappa shape index (κ3) is 2.07. The molecular formula is C14H15N3O. The minimum absolute atomic E-state index is 0.435. The number of nitriles is 1. The van der Waals surface area contributed by atoms with Gasteiger partial charge in [-0.05, 0) is 31.0 Å². The lowest BCUT2D eigenvalue weighted by Crippen LogP contribution is -2.06. The Hall–Kier alpha value is -2.28. The number of H-pyrrole nitrogens is 1. The molecule has 1 unspecified atom stereocenters. The van der Waals surface area contributed by atoms with Crippen molar-refractivity contribution in [3.8, 4) is 11.8 Å². The number of imidazole rings is 1. The fourth-order valence-corrected chi connectivity index (χ4v) is 2.18. The number of nitrogens with one attached hydrogen (secondary N) is 1. The van der Waals surface area contributed by atoms with Gasteiger partial charge in [0.15, 0.2) is 0 Å². The van der Waals surface area contributed by atoms with Gasteiger partial charge in [-0.2, -0.15) is 5.26 Å². The molecule has 1 aromatic heterocycles. The van der Waals surface area contributed by atoms with Crippen molar-refractivity contribution in [3.05, 3.63) is 47.0 Å². The smallest absolute Gasteiger partial charge is 0.133 e. The highest BCUT2D eigenvalue weighted by Crippen LogP contribution is 2.33. The summed E-state index contributed by atoms with van der Waals surface area (Å²) in [6.07, 6.45) is 3.37. The molecule has 0 saturated heterocycles. The van der Waals surface area contributed by atoms with Gasteiger partial charge in [0.2, 0.25) is 0 Å². The van der Waals surface area contributed by atoms with Crippen LogP contribution in [-0.4, -0.2) is 17.1 Å². The number of benzene rings is 1. The predicted octanol–water partition coefficient (Wildman–Crippen LogP) is 2.69. The van der Waals surface area contributed by atoms with Gasteiger partial charge in [-0.25, -0.2) is 4.98 Å². The van der Waals surface area contributed by atoms with E-state index in [1.54, 1.807) is 19.5 Å². The van der Waals surface area contributed by atoms with Crippen LogP contribution in [0.4, 0.5) is 0 Å². The Morgan fingerprint density at radius 1 is 1.39 bits per heavy atom. The van der Waals surface area contributed by atoms with Crippen molar-refractivity contribution < 1.29 is 4.74 Å². The summed E-state index contributed by atoms with van der Waals surface area (Å²) in [5.74, 6) is 0.939. The largest absolute Gasteiger partial charge is 0.496 e. The third-order valence-electron chi connectivity index (χ3n) is 2.92. The summed E-state index contributed by atoms with van der Waals surface area (Å²) in [7, 11) is 1.62. The van der Waals surface area contributed by atoms with Crippen LogP contribution in [0.1, 0.15) is 28.4 Å². The molecule has 0 saturated carbocycles.